The summed E-state index contributed by atoms with van der Waals surface area (Å²) < 4.78 is 0. The van der Waals surface area contributed by atoms with Crippen LogP contribution >= 0.6 is 0 Å². The first-order valence-corrected chi connectivity index (χ1v) is 8.04. The Balaban J connectivity index is 1.58. The number of nitrogens with zero attached hydrogens (tertiary/aromatic N) is 3. The Kier molecular flexibility index (Phi) is 4.14. The molecule has 22 heavy (non-hydrogen) atoms. The predicted molar refractivity (Wildman–Crippen MR) is 83.1 cm³/mol. The molecule has 0 bridgehead atoms. The standard InChI is InChI=1S/C17H23N3O2/c1-19-11-4-8-17(16(19)22)9-12-20(13-17)15(21)7-6-14-5-2-3-10-18-14/h2-3,5,10H,4,6-9,11-13H2,1H3. The molecule has 1 aromatic heterocycles. The number of piperidine rings is 1. The van der Waals surface area contributed by atoms with E-state index in [-0.39, 0.29) is 17.2 Å². The Morgan fingerprint density at radius 2 is 2.18 bits per heavy atom. The average molecular weight is 301 g/mol. The molecule has 2 fully saturated rings. The van der Waals surface area contributed by atoms with E-state index in [1.165, 1.54) is 0 Å². The fourth-order valence-electron chi connectivity index (χ4n) is 3.67. The number of amides is 2. The molecule has 2 saturated heterocycles. The first-order valence-electron chi connectivity index (χ1n) is 8.04. The van der Waals surface area contributed by atoms with Crippen LogP contribution in [-0.2, 0) is 16.0 Å². The van der Waals surface area contributed by atoms with Crippen molar-refractivity contribution in [3.63, 3.8) is 0 Å². The van der Waals surface area contributed by atoms with Crippen molar-refractivity contribution in [1.29, 1.82) is 0 Å². The van der Waals surface area contributed by atoms with Crippen molar-refractivity contribution in [3.8, 4) is 0 Å². The van der Waals surface area contributed by atoms with E-state index in [9.17, 15) is 9.59 Å². The second kappa shape index (κ2) is 6.07. The van der Waals surface area contributed by atoms with Gasteiger partial charge in [0.25, 0.3) is 0 Å². The van der Waals surface area contributed by atoms with Crippen molar-refractivity contribution >= 4 is 11.8 Å². The van der Waals surface area contributed by atoms with Gasteiger partial charge in [-0.15, -0.1) is 0 Å². The minimum Gasteiger partial charge on any atom is -0.345 e. The van der Waals surface area contributed by atoms with Gasteiger partial charge in [0.2, 0.25) is 11.8 Å². The lowest BCUT2D eigenvalue weighted by Crippen LogP contribution is -2.48. The van der Waals surface area contributed by atoms with Gasteiger partial charge in [0.15, 0.2) is 0 Å². The maximum atomic E-state index is 12.5. The zero-order valence-electron chi connectivity index (χ0n) is 13.1. The lowest BCUT2D eigenvalue weighted by Gasteiger charge is -2.37. The van der Waals surface area contributed by atoms with Crippen LogP contribution in [0.2, 0.25) is 0 Å². The largest absolute Gasteiger partial charge is 0.345 e. The highest BCUT2D eigenvalue weighted by Crippen LogP contribution is 2.39. The Bertz CT molecular complexity index is 560. The van der Waals surface area contributed by atoms with E-state index in [1.54, 1.807) is 6.20 Å². The molecular weight excluding hydrogens is 278 g/mol. The fraction of sp³-hybridized carbons (Fsp3) is 0.588. The van der Waals surface area contributed by atoms with Gasteiger partial charge >= 0.3 is 0 Å². The second-order valence-corrected chi connectivity index (χ2v) is 6.50. The molecule has 3 rings (SSSR count). The highest BCUT2D eigenvalue weighted by Gasteiger charge is 2.48. The molecule has 5 heteroatoms. The lowest BCUT2D eigenvalue weighted by molar-refractivity contribution is -0.144. The van der Waals surface area contributed by atoms with Gasteiger partial charge in [0, 0.05) is 45.0 Å². The topological polar surface area (TPSA) is 53.5 Å². The van der Waals surface area contributed by atoms with Crippen molar-refractivity contribution in [1.82, 2.24) is 14.8 Å². The monoisotopic (exact) mass is 301 g/mol. The van der Waals surface area contributed by atoms with Crippen LogP contribution in [0.4, 0.5) is 0 Å². The summed E-state index contributed by atoms with van der Waals surface area (Å²) in [5, 5.41) is 0. The summed E-state index contributed by atoms with van der Waals surface area (Å²) in [6.45, 7) is 2.14. The summed E-state index contributed by atoms with van der Waals surface area (Å²) in [5.74, 6) is 0.363. The first-order chi connectivity index (χ1) is 10.6. The van der Waals surface area contributed by atoms with Crippen LogP contribution < -0.4 is 0 Å². The maximum Gasteiger partial charge on any atom is 0.230 e. The zero-order valence-corrected chi connectivity index (χ0v) is 13.1. The normalized spacial score (nSPS) is 25.0. The number of rotatable bonds is 3. The van der Waals surface area contributed by atoms with Crippen LogP contribution in [0.5, 0.6) is 0 Å². The molecule has 0 N–H and O–H groups in total. The minimum atomic E-state index is -0.312. The zero-order chi connectivity index (χ0) is 15.6. The summed E-state index contributed by atoms with van der Waals surface area (Å²) in [6.07, 6.45) is 5.65. The van der Waals surface area contributed by atoms with E-state index >= 15 is 0 Å². The van der Waals surface area contributed by atoms with Gasteiger partial charge in [0.05, 0.1) is 5.41 Å². The molecule has 2 aliphatic heterocycles. The summed E-state index contributed by atoms with van der Waals surface area (Å²) in [7, 11) is 1.87. The summed E-state index contributed by atoms with van der Waals surface area (Å²) in [4.78, 5) is 32.8. The minimum absolute atomic E-state index is 0.142. The van der Waals surface area contributed by atoms with E-state index in [0.29, 0.717) is 25.9 Å². The molecule has 118 valence electrons. The summed E-state index contributed by atoms with van der Waals surface area (Å²) >= 11 is 0. The number of likely N-dealkylation sites (tertiary alicyclic amines) is 2. The Morgan fingerprint density at radius 1 is 1.32 bits per heavy atom. The Hall–Kier alpha value is -1.91. The quantitative estimate of drug-likeness (QED) is 0.850. The van der Waals surface area contributed by atoms with Gasteiger partial charge in [-0.05, 0) is 37.8 Å². The van der Waals surface area contributed by atoms with Gasteiger partial charge < -0.3 is 9.80 Å². The van der Waals surface area contributed by atoms with Gasteiger partial charge in [-0.1, -0.05) is 6.07 Å². The molecule has 0 saturated carbocycles. The van der Waals surface area contributed by atoms with Crippen molar-refractivity contribution < 1.29 is 9.59 Å². The fourth-order valence-corrected chi connectivity index (χ4v) is 3.67. The average Bonchev–Trinajstić information content (AvgIpc) is 2.97. The van der Waals surface area contributed by atoms with Crippen molar-refractivity contribution in [2.75, 3.05) is 26.7 Å². The number of pyridine rings is 1. The van der Waals surface area contributed by atoms with Gasteiger partial charge in [-0.25, -0.2) is 0 Å². The number of aryl methyl sites for hydroxylation is 1. The van der Waals surface area contributed by atoms with Crippen molar-refractivity contribution in [2.45, 2.75) is 32.1 Å². The second-order valence-electron chi connectivity index (χ2n) is 6.50. The van der Waals surface area contributed by atoms with E-state index in [4.69, 9.17) is 0 Å². The SMILES string of the molecule is CN1CCCC2(CCN(C(=O)CCc3ccccn3)C2)C1=O. The van der Waals surface area contributed by atoms with Crippen LogP contribution in [0.1, 0.15) is 31.4 Å². The van der Waals surface area contributed by atoms with Crippen LogP contribution in [0, 0.1) is 5.41 Å². The Labute approximate surface area is 131 Å². The molecule has 0 radical (unpaired) electrons. The van der Waals surface area contributed by atoms with E-state index < -0.39 is 0 Å². The van der Waals surface area contributed by atoms with Crippen LogP contribution in [0.15, 0.2) is 24.4 Å². The number of carbonyl (C=O) groups excluding carboxylic acids is 2. The lowest BCUT2D eigenvalue weighted by atomic mass is 9.78. The van der Waals surface area contributed by atoms with Crippen LogP contribution in [0.3, 0.4) is 0 Å². The van der Waals surface area contributed by atoms with Gasteiger partial charge in [-0.3, -0.25) is 14.6 Å². The van der Waals surface area contributed by atoms with Crippen LogP contribution in [-0.4, -0.2) is 53.3 Å². The summed E-state index contributed by atoms with van der Waals surface area (Å²) in [5.41, 5.74) is 0.631. The number of aromatic nitrogens is 1. The van der Waals surface area contributed by atoms with Crippen molar-refractivity contribution in [2.24, 2.45) is 5.41 Å². The molecule has 1 unspecified atom stereocenters. The third-order valence-corrected chi connectivity index (χ3v) is 4.98. The molecular formula is C17H23N3O2. The number of carbonyl (C=O) groups is 2. The van der Waals surface area contributed by atoms with E-state index in [1.807, 2.05) is 35.0 Å². The molecule has 0 aliphatic carbocycles. The van der Waals surface area contributed by atoms with Gasteiger partial charge in [-0.2, -0.15) is 0 Å². The third kappa shape index (κ3) is 2.85. The molecule has 2 amide bonds. The van der Waals surface area contributed by atoms with Crippen molar-refractivity contribution in [3.05, 3.63) is 30.1 Å². The molecule has 2 aliphatic rings. The van der Waals surface area contributed by atoms with E-state index in [0.717, 1.165) is 31.5 Å². The van der Waals surface area contributed by atoms with E-state index in [2.05, 4.69) is 4.98 Å². The smallest absolute Gasteiger partial charge is 0.230 e. The molecule has 3 heterocycles. The highest BCUT2D eigenvalue weighted by atomic mass is 16.2. The maximum absolute atomic E-state index is 12.5. The molecule has 1 spiro atoms. The van der Waals surface area contributed by atoms with Crippen LogP contribution in [0.25, 0.3) is 0 Å². The predicted octanol–water partition coefficient (Wildman–Crippen LogP) is 1.49. The third-order valence-electron chi connectivity index (χ3n) is 4.98. The molecule has 1 atom stereocenters. The summed E-state index contributed by atoms with van der Waals surface area (Å²) in [6, 6.07) is 5.76. The highest BCUT2D eigenvalue weighted by molar-refractivity contribution is 5.86. The molecule has 5 nitrogen and oxygen atoms in total. The number of hydrogen-bond acceptors (Lipinski definition) is 3. The van der Waals surface area contributed by atoms with Gasteiger partial charge in [0.1, 0.15) is 0 Å². The number of hydrogen-bond donors (Lipinski definition) is 0. The Morgan fingerprint density at radius 3 is 2.95 bits per heavy atom. The molecule has 1 aromatic rings. The first kappa shape index (κ1) is 15.0. The molecule has 0 aromatic carbocycles.